The van der Waals surface area contributed by atoms with E-state index in [2.05, 4.69) is 10.3 Å². The predicted molar refractivity (Wildman–Crippen MR) is 86.8 cm³/mol. The highest BCUT2D eigenvalue weighted by atomic mass is 32.1. The summed E-state index contributed by atoms with van der Waals surface area (Å²) in [6, 6.07) is 9.93. The zero-order valence-corrected chi connectivity index (χ0v) is 13.3. The number of hydrogen-bond acceptors (Lipinski definition) is 5. The van der Waals surface area contributed by atoms with Crippen LogP contribution in [0, 0.1) is 0 Å². The van der Waals surface area contributed by atoms with Gasteiger partial charge in [-0.3, -0.25) is 4.79 Å². The molecule has 6 nitrogen and oxygen atoms in total. The number of nitrogens with zero attached hydrogens (tertiary/aromatic N) is 1. The summed E-state index contributed by atoms with van der Waals surface area (Å²) in [5.41, 5.74) is 1.21. The Morgan fingerprint density at radius 2 is 2.00 bits per heavy atom. The van der Waals surface area contributed by atoms with Crippen molar-refractivity contribution in [1.82, 2.24) is 10.3 Å². The number of carbonyl (C=O) groups is 2. The van der Waals surface area contributed by atoms with Crippen molar-refractivity contribution in [3.63, 3.8) is 0 Å². The average molecular weight is 334 g/mol. The van der Waals surface area contributed by atoms with Crippen molar-refractivity contribution < 1.29 is 19.4 Å². The second-order valence-corrected chi connectivity index (χ2v) is 5.76. The molecule has 2 rings (SSSR count). The average Bonchev–Trinajstić information content (AvgIpc) is 3.02. The molecule has 0 unspecified atom stereocenters. The van der Waals surface area contributed by atoms with E-state index in [0.29, 0.717) is 24.6 Å². The van der Waals surface area contributed by atoms with Gasteiger partial charge in [0.2, 0.25) is 5.91 Å². The van der Waals surface area contributed by atoms with Crippen molar-refractivity contribution in [3.05, 3.63) is 52.0 Å². The lowest BCUT2D eigenvalue weighted by atomic mass is 10.2. The molecule has 23 heavy (non-hydrogen) atoms. The van der Waals surface area contributed by atoms with Crippen molar-refractivity contribution in [2.24, 2.45) is 0 Å². The number of carboxylic acids is 1. The SMILES string of the molecule is O=C(COCCc1ccccc1)NCCc1nc(C(=O)O)cs1. The number of carbonyl (C=O) groups excluding carboxylic acids is 1. The van der Waals surface area contributed by atoms with Gasteiger partial charge in [-0.15, -0.1) is 11.3 Å². The summed E-state index contributed by atoms with van der Waals surface area (Å²) in [6.07, 6.45) is 1.28. The van der Waals surface area contributed by atoms with Gasteiger partial charge < -0.3 is 15.2 Å². The molecule has 0 saturated carbocycles. The molecular formula is C16H18N2O4S. The minimum Gasteiger partial charge on any atom is -0.476 e. The monoisotopic (exact) mass is 334 g/mol. The summed E-state index contributed by atoms with van der Waals surface area (Å²) >= 11 is 1.27. The molecule has 0 fully saturated rings. The van der Waals surface area contributed by atoms with E-state index in [9.17, 15) is 9.59 Å². The number of thiazole rings is 1. The first kappa shape index (κ1) is 17.1. The molecule has 0 bridgehead atoms. The number of aromatic nitrogens is 1. The molecule has 1 aromatic heterocycles. The number of amides is 1. The van der Waals surface area contributed by atoms with E-state index in [1.807, 2.05) is 30.3 Å². The minimum atomic E-state index is -1.04. The van der Waals surface area contributed by atoms with E-state index in [0.717, 1.165) is 6.42 Å². The van der Waals surface area contributed by atoms with Gasteiger partial charge in [0, 0.05) is 18.3 Å². The van der Waals surface area contributed by atoms with E-state index >= 15 is 0 Å². The lowest BCUT2D eigenvalue weighted by molar-refractivity contribution is -0.125. The maximum Gasteiger partial charge on any atom is 0.355 e. The number of ether oxygens (including phenoxy) is 1. The van der Waals surface area contributed by atoms with Gasteiger partial charge in [0.15, 0.2) is 5.69 Å². The molecule has 2 aromatic rings. The highest BCUT2D eigenvalue weighted by Crippen LogP contribution is 2.09. The van der Waals surface area contributed by atoms with Crippen LogP contribution in [-0.2, 0) is 22.4 Å². The summed E-state index contributed by atoms with van der Waals surface area (Å²) in [5, 5.41) is 13.7. The van der Waals surface area contributed by atoms with Gasteiger partial charge in [-0.25, -0.2) is 9.78 Å². The summed E-state index contributed by atoms with van der Waals surface area (Å²) in [6.45, 7) is 0.921. The van der Waals surface area contributed by atoms with Crippen molar-refractivity contribution in [1.29, 1.82) is 0 Å². The van der Waals surface area contributed by atoms with Crippen LogP contribution >= 0.6 is 11.3 Å². The molecule has 7 heteroatoms. The summed E-state index contributed by atoms with van der Waals surface area (Å²) < 4.78 is 5.33. The van der Waals surface area contributed by atoms with Crippen LogP contribution in [0.2, 0.25) is 0 Å². The Kier molecular flexibility index (Phi) is 6.71. The summed E-state index contributed by atoms with van der Waals surface area (Å²) in [7, 11) is 0. The fourth-order valence-electron chi connectivity index (χ4n) is 1.88. The molecule has 1 aromatic carbocycles. The van der Waals surface area contributed by atoms with E-state index in [-0.39, 0.29) is 18.2 Å². The zero-order chi connectivity index (χ0) is 16.5. The Balaban J connectivity index is 1.57. The highest BCUT2D eigenvalue weighted by molar-refractivity contribution is 7.09. The molecule has 1 heterocycles. The topological polar surface area (TPSA) is 88.5 Å². The number of aromatic carboxylic acids is 1. The van der Waals surface area contributed by atoms with Crippen LogP contribution in [0.15, 0.2) is 35.7 Å². The van der Waals surface area contributed by atoms with Gasteiger partial charge >= 0.3 is 5.97 Å². The van der Waals surface area contributed by atoms with E-state index in [4.69, 9.17) is 9.84 Å². The van der Waals surface area contributed by atoms with Crippen molar-refractivity contribution >= 4 is 23.2 Å². The van der Waals surface area contributed by atoms with E-state index < -0.39 is 5.97 Å². The van der Waals surface area contributed by atoms with Crippen LogP contribution in [-0.4, -0.2) is 41.7 Å². The lowest BCUT2D eigenvalue weighted by Gasteiger charge is -2.05. The Morgan fingerprint density at radius 1 is 1.22 bits per heavy atom. The number of rotatable bonds is 9. The molecule has 0 aliphatic carbocycles. The smallest absolute Gasteiger partial charge is 0.355 e. The van der Waals surface area contributed by atoms with Crippen LogP contribution in [0.25, 0.3) is 0 Å². The predicted octanol–water partition coefficient (Wildman–Crippen LogP) is 1.76. The molecule has 2 N–H and O–H groups in total. The zero-order valence-electron chi connectivity index (χ0n) is 12.5. The maximum atomic E-state index is 11.6. The van der Waals surface area contributed by atoms with Gasteiger partial charge in [0.1, 0.15) is 6.61 Å². The van der Waals surface area contributed by atoms with E-state index in [1.165, 1.54) is 22.3 Å². The van der Waals surface area contributed by atoms with Crippen molar-refractivity contribution in [2.45, 2.75) is 12.8 Å². The van der Waals surface area contributed by atoms with Gasteiger partial charge in [-0.2, -0.15) is 0 Å². The molecule has 0 radical (unpaired) electrons. The highest BCUT2D eigenvalue weighted by Gasteiger charge is 2.08. The molecule has 0 aliphatic heterocycles. The number of carboxylic acid groups (broad SMARTS) is 1. The first-order chi connectivity index (χ1) is 11.1. The van der Waals surface area contributed by atoms with Crippen LogP contribution < -0.4 is 5.32 Å². The standard InChI is InChI=1S/C16H18N2O4S/c19-14(10-22-9-7-12-4-2-1-3-5-12)17-8-6-15-18-13(11-23-15)16(20)21/h1-5,11H,6-10H2,(H,17,19)(H,20,21). The number of nitrogens with one attached hydrogen (secondary N) is 1. The summed E-state index contributed by atoms with van der Waals surface area (Å²) in [5.74, 6) is -1.23. The molecule has 0 spiro atoms. The Hall–Kier alpha value is -2.25. The minimum absolute atomic E-state index is 0.0189. The summed E-state index contributed by atoms with van der Waals surface area (Å²) in [4.78, 5) is 26.3. The molecule has 1 amide bonds. The lowest BCUT2D eigenvalue weighted by Crippen LogP contribution is -2.29. The van der Waals surface area contributed by atoms with Crippen molar-refractivity contribution in [2.75, 3.05) is 19.8 Å². The molecular weight excluding hydrogens is 316 g/mol. The fraction of sp³-hybridized carbons (Fsp3) is 0.312. The van der Waals surface area contributed by atoms with Crippen LogP contribution in [0.5, 0.6) is 0 Å². The van der Waals surface area contributed by atoms with Crippen LogP contribution in [0.4, 0.5) is 0 Å². The molecule has 122 valence electrons. The second-order valence-electron chi connectivity index (χ2n) is 4.82. The third-order valence-electron chi connectivity index (χ3n) is 3.04. The maximum absolute atomic E-state index is 11.6. The van der Waals surface area contributed by atoms with Gasteiger partial charge in [0.05, 0.1) is 11.6 Å². The van der Waals surface area contributed by atoms with Crippen LogP contribution in [0.1, 0.15) is 21.1 Å². The third-order valence-corrected chi connectivity index (χ3v) is 3.95. The van der Waals surface area contributed by atoms with Gasteiger partial charge in [-0.1, -0.05) is 30.3 Å². The van der Waals surface area contributed by atoms with Gasteiger partial charge in [0.25, 0.3) is 0 Å². The van der Waals surface area contributed by atoms with Crippen LogP contribution in [0.3, 0.4) is 0 Å². The largest absolute Gasteiger partial charge is 0.476 e. The molecule has 0 atom stereocenters. The number of hydrogen-bond donors (Lipinski definition) is 2. The Bertz CT molecular complexity index is 643. The normalized spacial score (nSPS) is 10.4. The Morgan fingerprint density at radius 3 is 2.70 bits per heavy atom. The quantitative estimate of drug-likeness (QED) is 0.682. The van der Waals surface area contributed by atoms with Crippen molar-refractivity contribution in [3.8, 4) is 0 Å². The number of benzene rings is 1. The third kappa shape index (κ3) is 6.17. The first-order valence-electron chi connectivity index (χ1n) is 7.21. The Labute approximate surface area is 138 Å². The second kappa shape index (κ2) is 9.02. The van der Waals surface area contributed by atoms with E-state index in [1.54, 1.807) is 0 Å². The first-order valence-corrected chi connectivity index (χ1v) is 8.09. The fourth-order valence-corrected chi connectivity index (χ4v) is 2.66. The molecule has 0 aliphatic rings. The van der Waals surface area contributed by atoms with Gasteiger partial charge in [-0.05, 0) is 12.0 Å². The molecule has 0 saturated heterocycles.